The summed E-state index contributed by atoms with van der Waals surface area (Å²) in [6.07, 6.45) is 51.3. The first-order valence-electron chi connectivity index (χ1n) is 48.1. The number of Topliss-reactive ketones (excluding diaryl/α,β-unsaturated/α-hetero) is 1. The predicted octanol–water partition coefficient (Wildman–Crippen LogP) is 27.7. The third-order valence-electron chi connectivity index (χ3n) is 23.9. The highest BCUT2D eigenvalue weighted by Gasteiger charge is 2.24. The van der Waals surface area contributed by atoms with Crippen LogP contribution in [0.5, 0.6) is 23.0 Å². The van der Waals surface area contributed by atoms with Crippen LogP contribution in [0.25, 0.3) is 88.3 Å². The molecule has 0 bridgehead atoms. The number of amides is 1. The second kappa shape index (κ2) is 64.2. The van der Waals surface area contributed by atoms with Crippen molar-refractivity contribution < 1.29 is 51.5 Å². The van der Waals surface area contributed by atoms with Gasteiger partial charge in [-0.2, -0.15) is 18.3 Å². The summed E-state index contributed by atoms with van der Waals surface area (Å²) in [7, 11) is 6.83. The van der Waals surface area contributed by atoms with Crippen LogP contribution in [0.4, 0.5) is 0 Å². The average Bonchev–Trinajstić information content (AvgIpc) is 0.786. The number of carbonyl (C=O) groups is 2. The Morgan fingerprint density at radius 3 is 0.795 bits per heavy atom. The molecule has 0 fully saturated rings. The smallest absolute Gasteiger partial charge is 0.235 e. The lowest BCUT2D eigenvalue weighted by atomic mass is 10.1. The van der Waals surface area contributed by atoms with Crippen molar-refractivity contribution in [3.05, 3.63) is 200 Å². The minimum absolute atomic E-state index is 0. The van der Waals surface area contributed by atoms with E-state index in [-0.39, 0.29) is 35.6 Å². The molecule has 0 aliphatic rings. The van der Waals surface area contributed by atoms with Gasteiger partial charge in [0.1, 0.15) is 54.0 Å². The van der Waals surface area contributed by atoms with Crippen molar-refractivity contribution in [2.24, 2.45) is 0 Å². The maximum atomic E-state index is 12.1. The molecule has 0 aliphatic heterocycles. The van der Waals surface area contributed by atoms with E-state index >= 15 is 0 Å². The Morgan fingerprint density at radius 2 is 0.504 bits per heavy atom. The van der Waals surface area contributed by atoms with Gasteiger partial charge in [-0.1, -0.05) is 274 Å². The SMILES string of the molecule is CCCCCCCCCCCCNC(=O)CCCCCCCCCC[n+]1c2ccccc2nc2c(OC)cccc21.CCCCCCCCCCCC[n+]1c2ccccc2nc2c(OC)cccc21.CCCCCC[n+]1c2ccccc2nc2c(OC)cccc21.CCCCOCCC(=O)CCCCCCC[n+]1c2ccccc2nc2c(OC)cccc21.[CH3-].[CH3-].[CH3-].[CH3-]. The van der Waals surface area contributed by atoms with Gasteiger partial charge in [-0.05, 0) is 99.9 Å². The van der Waals surface area contributed by atoms with Gasteiger partial charge in [-0.15, -0.1) is 0 Å². The quantitative estimate of drug-likeness (QED) is 0.0167. The molecule has 1 amide bonds. The number of nitrogens with one attached hydrogen (secondary N) is 1. The van der Waals surface area contributed by atoms with Gasteiger partial charge in [0.05, 0.1) is 35.0 Å². The number of rotatable bonds is 56. The molecule has 694 valence electrons. The van der Waals surface area contributed by atoms with Crippen molar-refractivity contribution in [3.8, 4) is 23.0 Å². The molecule has 0 saturated carbocycles. The lowest BCUT2D eigenvalue weighted by Gasteiger charge is -2.08. The molecule has 16 nitrogen and oxygen atoms in total. The van der Waals surface area contributed by atoms with Gasteiger partial charge in [0.25, 0.3) is 0 Å². The van der Waals surface area contributed by atoms with Crippen LogP contribution < -0.4 is 42.5 Å². The highest BCUT2D eigenvalue weighted by molar-refractivity contribution is 5.89. The molecule has 4 heterocycles. The van der Waals surface area contributed by atoms with Crippen molar-refractivity contribution in [2.75, 3.05) is 48.2 Å². The lowest BCUT2D eigenvalue weighted by Crippen LogP contribution is -2.36. The standard InChI is InChI=1S/C36H55N3O2.C27H37N2O3.C25H35N2O.C19H23N2O.4CH3/c1-3-4-5-6-7-8-10-13-16-21-29-37-35(40)28-18-15-12-9-11-14-17-22-30-39-32-25-20-19-24-31(32)38-36-33(39)26-23-27-34(36)41-2;1-3-4-20-32-21-18-22(30)13-8-6-5-7-11-19-29-24-15-10-9-14-23(24)28-27-25(29)16-12-17-26(27)31-2;1-3-4-5-6-7-8-9-10-11-14-20-27-22-17-13-12-16-21(22)26-25-23(27)18-15-19-24(25)28-2;1-3-4-5-8-14-21-16-11-7-6-10-15(16)20-19-17(21)12-9-13-18(19)22-2;;;;/h19-20,23-27H,3-18,21-22,28-30H2,1-2H3;9-10,12,14-17H,3-8,11,13,18-21H2,1-2H3;12-13,15-19H,3-11,14,20H2,1-2H3;6-7,9-13H,3-5,8,14H2,1-2H3;4*1H3/q;3*+1;4*-1/p+1. The van der Waals surface area contributed by atoms with E-state index in [0.717, 1.165) is 198 Å². The number of carbonyl (C=O) groups excluding carboxylic acids is 2. The fourth-order valence-corrected chi connectivity index (χ4v) is 16.9. The molecule has 0 atom stereocenters. The van der Waals surface area contributed by atoms with E-state index < -0.39 is 0 Å². The molecule has 0 saturated heterocycles. The first-order valence-corrected chi connectivity index (χ1v) is 48.1. The van der Waals surface area contributed by atoms with E-state index in [0.29, 0.717) is 31.7 Å². The molecule has 0 spiro atoms. The number of ketones is 1. The Morgan fingerprint density at radius 1 is 0.260 bits per heavy atom. The van der Waals surface area contributed by atoms with Crippen LogP contribution in [0.2, 0.25) is 0 Å². The number of para-hydroxylation sites is 12. The fraction of sp³-hybridized carbons (Fsp3) is 0.514. The molecule has 16 heteroatoms. The third-order valence-corrected chi connectivity index (χ3v) is 23.9. The minimum atomic E-state index is 0. The number of hydrogen-bond donors (Lipinski definition) is 1. The summed E-state index contributed by atoms with van der Waals surface area (Å²) in [5.41, 5.74) is 17.1. The number of ether oxygens (including phenoxy) is 5. The summed E-state index contributed by atoms with van der Waals surface area (Å²) in [5, 5.41) is 3.12. The predicted molar refractivity (Wildman–Crippen MR) is 535 cm³/mol. The van der Waals surface area contributed by atoms with E-state index in [1.54, 1.807) is 28.4 Å². The van der Waals surface area contributed by atoms with Crippen LogP contribution in [-0.2, 0) is 40.5 Å². The maximum Gasteiger partial charge on any atom is 0.235 e. The highest BCUT2D eigenvalue weighted by Crippen LogP contribution is 2.30. The van der Waals surface area contributed by atoms with Crippen LogP contribution in [-0.4, -0.2) is 79.8 Å². The summed E-state index contributed by atoms with van der Waals surface area (Å²) >= 11 is 0. The monoisotopic (exact) mass is 1730 g/mol. The zero-order valence-electron chi connectivity index (χ0n) is 80.7. The Labute approximate surface area is 766 Å². The van der Waals surface area contributed by atoms with Crippen molar-refractivity contribution in [3.63, 3.8) is 0 Å². The Bertz CT molecular complexity index is 5060. The van der Waals surface area contributed by atoms with Crippen LogP contribution in [0.1, 0.15) is 297 Å². The summed E-state index contributed by atoms with van der Waals surface area (Å²) in [4.78, 5) is 43.4. The number of benzene rings is 8. The molecule has 1 N–H and O–H groups in total. The third kappa shape index (κ3) is 35.4. The Balaban J connectivity index is 0.000000303. The number of hydrogen-bond acceptors (Lipinski definition) is 11. The minimum Gasteiger partial charge on any atom is -0.494 e. The number of nitrogens with zero attached hydrogens (tertiary/aromatic N) is 8. The Hall–Kier alpha value is -9.54. The topological polar surface area (TPSA) is 159 Å². The first kappa shape index (κ1) is 108. The average molecular weight is 1740 g/mol. The summed E-state index contributed by atoms with van der Waals surface area (Å²) in [6.45, 7) is 15.1. The van der Waals surface area contributed by atoms with Crippen molar-refractivity contribution >= 4 is 100.0 Å². The molecular formula is C111H163N9O7. The molecule has 127 heavy (non-hydrogen) atoms. The number of fused-ring (bicyclic) bond motifs is 8. The molecular weight excluding hydrogens is 1570 g/mol. The second-order valence-corrected chi connectivity index (χ2v) is 33.4. The number of methoxy groups -OCH3 is 4. The summed E-state index contributed by atoms with van der Waals surface area (Å²) in [5.74, 6) is 3.90. The van der Waals surface area contributed by atoms with Gasteiger partial charge < -0.3 is 58.7 Å². The van der Waals surface area contributed by atoms with E-state index in [2.05, 4.69) is 167 Å². The molecule has 12 rings (SSSR count). The van der Waals surface area contributed by atoms with Gasteiger partial charge in [0.2, 0.25) is 50.0 Å². The van der Waals surface area contributed by atoms with Gasteiger partial charge in [-0.25, -0.2) is 19.9 Å². The second-order valence-electron chi connectivity index (χ2n) is 33.4. The molecule has 0 radical (unpaired) electrons. The van der Waals surface area contributed by atoms with E-state index in [1.807, 2.05) is 54.6 Å². The van der Waals surface area contributed by atoms with Gasteiger partial charge in [0.15, 0.2) is 45.1 Å². The molecule has 12 aromatic rings. The maximum absolute atomic E-state index is 12.1. The normalized spacial score (nSPS) is 11.0. The van der Waals surface area contributed by atoms with Gasteiger partial charge in [0, 0.05) is 107 Å². The van der Waals surface area contributed by atoms with Crippen LogP contribution >= 0.6 is 0 Å². The molecule has 8 aromatic carbocycles. The molecule has 0 aliphatic carbocycles. The number of aromatic nitrogens is 8. The van der Waals surface area contributed by atoms with E-state index in [9.17, 15) is 9.59 Å². The Kier molecular flexibility index (Phi) is 54.6. The van der Waals surface area contributed by atoms with Crippen molar-refractivity contribution in [2.45, 2.75) is 324 Å². The summed E-state index contributed by atoms with van der Waals surface area (Å²) < 4.78 is 37.3. The van der Waals surface area contributed by atoms with E-state index in [1.165, 1.54) is 203 Å². The highest BCUT2D eigenvalue weighted by atomic mass is 16.5. The zero-order valence-corrected chi connectivity index (χ0v) is 80.7. The molecule has 4 aromatic heterocycles. The largest absolute Gasteiger partial charge is 0.494 e. The number of unbranched alkanes of at least 4 members (excludes halogenated alkanes) is 33. The number of aryl methyl sites for hydroxylation is 4. The van der Waals surface area contributed by atoms with Crippen LogP contribution in [0, 0.1) is 29.7 Å². The fourth-order valence-electron chi connectivity index (χ4n) is 16.9. The summed E-state index contributed by atoms with van der Waals surface area (Å²) in [6, 6.07) is 58.1. The van der Waals surface area contributed by atoms with Gasteiger partial charge in [-0.3, -0.25) is 9.59 Å². The van der Waals surface area contributed by atoms with Crippen molar-refractivity contribution in [1.29, 1.82) is 0 Å². The van der Waals surface area contributed by atoms with Crippen LogP contribution in [0.15, 0.2) is 170 Å². The van der Waals surface area contributed by atoms with Gasteiger partial charge >= 0.3 is 0 Å². The first-order chi connectivity index (χ1) is 60.7. The molecule has 0 unspecified atom stereocenters. The van der Waals surface area contributed by atoms with E-state index in [4.69, 9.17) is 43.6 Å². The lowest BCUT2D eigenvalue weighted by molar-refractivity contribution is -0.646. The zero-order chi connectivity index (χ0) is 86.5. The van der Waals surface area contributed by atoms with Crippen LogP contribution in [0.3, 0.4) is 0 Å². The van der Waals surface area contributed by atoms with Crippen molar-refractivity contribution in [1.82, 2.24) is 25.3 Å².